The zero-order chi connectivity index (χ0) is 14.0. The highest BCUT2D eigenvalue weighted by atomic mass is 79.9. The van der Waals surface area contributed by atoms with Gasteiger partial charge in [-0.15, -0.1) is 0 Å². The minimum atomic E-state index is -0.408. The number of hydrogen-bond donors (Lipinski definition) is 1. The molecule has 1 aromatic heterocycles. The van der Waals surface area contributed by atoms with Gasteiger partial charge in [-0.05, 0) is 41.1 Å². The maximum Gasteiger partial charge on any atom is 0.165 e. The van der Waals surface area contributed by atoms with Crippen molar-refractivity contribution >= 4 is 21.7 Å². The lowest BCUT2D eigenvalue weighted by Gasteiger charge is -2.09. The number of hydrogen-bond acceptors (Lipinski definition) is 4. The fourth-order valence-corrected chi connectivity index (χ4v) is 2.03. The fraction of sp³-hybridized carbons (Fsp3) is 0.231. The smallest absolute Gasteiger partial charge is 0.165 e. The third-order valence-electron chi connectivity index (χ3n) is 2.66. The summed E-state index contributed by atoms with van der Waals surface area (Å²) in [5, 5.41) is 2.98. The maximum absolute atomic E-state index is 13.4. The van der Waals surface area contributed by atoms with Gasteiger partial charge in [0.1, 0.15) is 5.82 Å². The number of nitrogens with one attached hydrogen (secondary N) is 1. The van der Waals surface area contributed by atoms with Gasteiger partial charge in [0.05, 0.1) is 17.3 Å². The van der Waals surface area contributed by atoms with Gasteiger partial charge in [-0.1, -0.05) is 0 Å². The molecule has 100 valence electrons. The van der Waals surface area contributed by atoms with Crippen LogP contribution >= 0.6 is 15.9 Å². The first-order valence-electron chi connectivity index (χ1n) is 5.62. The second kappa shape index (κ2) is 5.52. The van der Waals surface area contributed by atoms with Gasteiger partial charge in [-0.3, -0.25) is 0 Å². The Morgan fingerprint density at radius 1 is 1.32 bits per heavy atom. The highest BCUT2D eigenvalue weighted by Gasteiger charge is 2.12. The van der Waals surface area contributed by atoms with Gasteiger partial charge in [0, 0.05) is 12.6 Å². The summed E-state index contributed by atoms with van der Waals surface area (Å²) in [4.78, 5) is 8.76. The average Bonchev–Trinajstić information content (AvgIpc) is 2.42. The summed E-state index contributed by atoms with van der Waals surface area (Å²) in [6.45, 7) is 1.87. The molecule has 0 amide bonds. The van der Waals surface area contributed by atoms with Gasteiger partial charge in [0.2, 0.25) is 0 Å². The number of methoxy groups -OCH3 is 1. The van der Waals surface area contributed by atoms with Crippen molar-refractivity contribution in [3.8, 4) is 17.1 Å². The van der Waals surface area contributed by atoms with E-state index in [0.717, 1.165) is 10.2 Å². The predicted molar refractivity (Wildman–Crippen MR) is 76.0 cm³/mol. The zero-order valence-corrected chi connectivity index (χ0v) is 12.4. The van der Waals surface area contributed by atoms with Crippen molar-refractivity contribution in [2.75, 3.05) is 19.5 Å². The van der Waals surface area contributed by atoms with E-state index in [-0.39, 0.29) is 5.75 Å². The molecular weight excluding hydrogens is 313 g/mol. The van der Waals surface area contributed by atoms with E-state index in [2.05, 4.69) is 31.2 Å². The van der Waals surface area contributed by atoms with Crippen molar-refractivity contribution in [3.63, 3.8) is 0 Å². The van der Waals surface area contributed by atoms with E-state index < -0.39 is 5.82 Å². The summed E-state index contributed by atoms with van der Waals surface area (Å²) in [5.41, 5.74) is 1.50. The molecule has 0 saturated carbocycles. The molecule has 19 heavy (non-hydrogen) atoms. The van der Waals surface area contributed by atoms with E-state index in [1.807, 2.05) is 6.92 Å². The van der Waals surface area contributed by atoms with Crippen molar-refractivity contribution in [1.29, 1.82) is 0 Å². The topological polar surface area (TPSA) is 47.0 Å². The Bertz CT molecular complexity index is 619. The van der Waals surface area contributed by atoms with Crippen LogP contribution in [0.5, 0.6) is 5.75 Å². The fourth-order valence-electron chi connectivity index (χ4n) is 1.65. The summed E-state index contributed by atoms with van der Waals surface area (Å²) in [6.07, 6.45) is 0. The highest BCUT2D eigenvalue weighted by molar-refractivity contribution is 9.10. The molecule has 1 N–H and O–H groups in total. The van der Waals surface area contributed by atoms with Crippen LogP contribution in [0, 0.1) is 12.7 Å². The van der Waals surface area contributed by atoms with E-state index in [1.54, 1.807) is 19.2 Å². The van der Waals surface area contributed by atoms with Gasteiger partial charge in [0.25, 0.3) is 0 Å². The zero-order valence-electron chi connectivity index (χ0n) is 10.8. The molecule has 0 aliphatic carbocycles. The van der Waals surface area contributed by atoms with E-state index in [9.17, 15) is 4.39 Å². The first-order valence-corrected chi connectivity index (χ1v) is 6.42. The number of benzene rings is 1. The van der Waals surface area contributed by atoms with E-state index >= 15 is 0 Å². The van der Waals surface area contributed by atoms with Crippen molar-refractivity contribution in [2.24, 2.45) is 0 Å². The van der Waals surface area contributed by atoms with Crippen molar-refractivity contribution in [1.82, 2.24) is 9.97 Å². The third kappa shape index (κ3) is 2.68. The van der Waals surface area contributed by atoms with Crippen LogP contribution < -0.4 is 10.1 Å². The summed E-state index contributed by atoms with van der Waals surface area (Å²) >= 11 is 3.41. The maximum atomic E-state index is 13.4. The van der Waals surface area contributed by atoms with Crippen LogP contribution in [-0.2, 0) is 0 Å². The largest absolute Gasteiger partial charge is 0.494 e. The number of aryl methyl sites for hydroxylation is 1. The number of halogens is 2. The molecule has 0 saturated heterocycles. The van der Waals surface area contributed by atoms with Crippen molar-refractivity contribution in [3.05, 3.63) is 34.2 Å². The van der Waals surface area contributed by atoms with Crippen LogP contribution in [-0.4, -0.2) is 24.1 Å². The second-order valence-electron chi connectivity index (χ2n) is 3.89. The van der Waals surface area contributed by atoms with Crippen molar-refractivity contribution in [2.45, 2.75) is 6.92 Å². The Hall–Kier alpha value is -1.69. The SMILES string of the molecule is CNc1nc(-c2ccc(F)c(OC)c2)nc(C)c1Br. The quantitative estimate of drug-likeness (QED) is 0.939. The molecule has 0 spiro atoms. The Labute approximate surface area is 119 Å². The summed E-state index contributed by atoms with van der Waals surface area (Å²) in [6, 6.07) is 4.55. The molecule has 2 aromatic rings. The van der Waals surface area contributed by atoms with Crippen molar-refractivity contribution < 1.29 is 9.13 Å². The third-order valence-corrected chi connectivity index (χ3v) is 3.61. The molecule has 0 bridgehead atoms. The minimum Gasteiger partial charge on any atom is -0.494 e. The first-order chi connectivity index (χ1) is 9.06. The summed E-state index contributed by atoms with van der Waals surface area (Å²) in [5.74, 6) is 0.968. The molecule has 0 aliphatic rings. The van der Waals surface area contributed by atoms with Crippen LogP contribution in [0.1, 0.15) is 5.69 Å². The van der Waals surface area contributed by atoms with Gasteiger partial charge >= 0.3 is 0 Å². The van der Waals surface area contributed by atoms with Crippen LogP contribution in [0.3, 0.4) is 0 Å². The van der Waals surface area contributed by atoms with Crippen LogP contribution in [0.4, 0.5) is 10.2 Å². The van der Waals surface area contributed by atoms with Gasteiger partial charge in [-0.2, -0.15) is 0 Å². The normalized spacial score (nSPS) is 10.4. The Morgan fingerprint density at radius 3 is 2.68 bits per heavy atom. The number of aromatic nitrogens is 2. The molecule has 0 fully saturated rings. The standard InChI is InChI=1S/C13H13BrFN3O/c1-7-11(14)13(16-2)18-12(17-7)8-4-5-9(15)10(6-8)19-3/h4-6H,1-3H3,(H,16,17,18). The Morgan fingerprint density at radius 2 is 2.05 bits per heavy atom. The monoisotopic (exact) mass is 325 g/mol. The molecule has 0 unspecified atom stereocenters. The number of rotatable bonds is 3. The number of ether oxygens (including phenoxy) is 1. The number of nitrogens with zero attached hydrogens (tertiary/aromatic N) is 2. The minimum absolute atomic E-state index is 0.174. The van der Waals surface area contributed by atoms with E-state index in [4.69, 9.17) is 4.74 Å². The van der Waals surface area contributed by atoms with Gasteiger partial charge in [-0.25, -0.2) is 14.4 Å². The molecule has 1 aromatic carbocycles. The average molecular weight is 326 g/mol. The van der Waals surface area contributed by atoms with Crippen LogP contribution in [0.2, 0.25) is 0 Å². The van der Waals surface area contributed by atoms with Crippen LogP contribution in [0.25, 0.3) is 11.4 Å². The van der Waals surface area contributed by atoms with E-state index in [1.165, 1.54) is 13.2 Å². The number of anilines is 1. The molecule has 6 heteroatoms. The van der Waals surface area contributed by atoms with E-state index in [0.29, 0.717) is 17.2 Å². The summed E-state index contributed by atoms with van der Waals surface area (Å²) < 4.78 is 19.2. The highest BCUT2D eigenvalue weighted by Crippen LogP contribution is 2.28. The molecule has 4 nitrogen and oxygen atoms in total. The predicted octanol–water partition coefficient (Wildman–Crippen LogP) is 3.40. The lowest BCUT2D eigenvalue weighted by Crippen LogP contribution is -2.01. The van der Waals surface area contributed by atoms with Crippen LogP contribution in [0.15, 0.2) is 22.7 Å². The molecular formula is C13H13BrFN3O. The Kier molecular flexibility index (Phi) is 3.99. The molecule has 2 rings (SSSR count). The summed E-state index contributed by atoms with van der Waals surface area (Å²) in [7, 11) is 3.20. The molecule has 0 aliphatic heterocycles. The molecule has 0 radical (unpaired) electrons. The second-order valence-corrected chi connectivity index (χ2v) is 4.69. The van der Waals surface area contributed by atoms with Gasteiger partial charge in [0.15, 0.2) is 17.4 Å². The molecule has 1 heterocycles. The lowest BCUT2D eigenvalue weighted by atomic mass is 10.2. The molecule has 0 atom stereocenters. The Balaban J connectivity index is 2.55. The van der Waals surface area contributed by atoms with Gasteiger partial charge < -0.3 is 10.1 Å². The first kappa shape index (κ1) is 13.7. The lowest BCUT2D eigenvalue weighted by molar-refractivity contribution is 0.387.